The summed E-state index contributed by atoms with van der Waals surface area (Å²) < 4.78 is 0.833. The average Bonchev–Trinajstić information content (AvgIpc) is 2.28. The van der Waals surface area contributed by atoms with Crippen molar-refractivity contribution >= 4 is 39.8 Å². The van der Waals surface area contributed by atoms with Crippen molar-refractivity contribution in [3.63, 3.8) is 0 Å². The Morgan fingerprint density at radius 3 is 2.38 bits per heavy atom. The van der Waals surface area contributed by atoms with Crippen LogP contribution >= 0.6 is 15.9 Å². The van der Waals surface area contributed by atoms with Crippen LogP contribution in [0.25, 0.3) is 0 Å². The van der Waals surface area contributed by atoms with Gasteiger partial charge in [-0.05, 0) is 28.1 Å². The Kier molecular flexibility index (Phi) is 5.00. The van der Waals surface area contributed by atoms with E-state index < -0.39 is 0 Å². The molecule has 7 heteroatoms. The molecule has 0 bridgehead atoms. The van der Waals surface area contributed by atoms with Crippen LogP contribution in [0.15, 0.2) is 44.2 Å². The molecule has 0 aliphatic heterocycles. The molecule has 0 fully saturated rings. The quantitative estimate of drug-likeness (QED) is 0.449. The van der Waals surface area contributed by atoms with Crippen molar-refractivity contribution in [2.24, 2.45) is 15.4 Å². The molecule has 0 saturated carbocycles. The van der Waals surface area contributed by atoms with E-state index in [0.717, 1.165) is 22.6 Å². The summed E-state index contributed by atoms with van der Waals surface area (Å²) in [6.07, 6.45) is 2.06. The molecule has 1 aromatic rings. The van der Waals surface area contributed by atoms with Gasteiger partial charge in [-0.3, -0.25) is 5.43 Å². The molecule has 0 aliphatic carbocycles. The highest BCUT2D eigenvalue weighted by Crippen LogP contribution is 2.20. The van der Waals surface area contributed by atoms with Crippen molar-refractivity contribution in [1.82, 2.24) is 0 Å². The smallest absolute Gasteiger partial charge is 0.127 e. The Hall–Kier alpha value is -1.89. The summed E-state index contributed by atoms with van der Waals surface area (Å²) >= 11 is 3.33. The fourth-order valence-electron chi connectivity index (χ4n) is 0.886. The highest BCUT2D eigenvalue weighted by atomic mass is 79.9. The average molecular weight is 285 g/mol. The summed E-state index contributed by atoms with van der Waals surface area (Å²) in [4.78, 5) is 0. The zero-order valence-electron chi connectivity index (χ0n) is 8.08. The first-order valence-corrected chi connectivity index (χ1v) is 5.00. The monoisotopic (exact) mass is 284 g/mol. The number of anilines is 1. The van der Waals surface area contributed by atoms with Crippen molar-refractivity contribution in [3.05, 3.63) is 28.7 Å². The van der Waals surface area contributed by atoms with Gasteiger partial charge in [0.05, 0.1) is 18.1 Å². The standard InChI is InChI=1S/C9H9BrN4O2/c10-8-3-1-2-4-9(8)14-13-7(5-11-15)6-12-16/h1-6,14-16H/b11-5+,12-6+. The molecule has 0 radical (unpaired) electrons. The first-order chi connectivity index (χ1) is 7.77. The molecule has 0 unspecified atom stereocenters. The first kappa shape index (κ1) is 12.2. The van der Waals surface area contributed by atoms with Crippen LogP contribution < -0.4 is 5.43 Å². The second-order valence-electron chi connectivity index (χ2n) is 2.62. The number of hydrazone groups is 1. The van der Waals surface area contributed by atoms with Gasteiger partial charge in [0, 0.05) is 4.47 Å². The van der Waals surface area contributed by atoms with E-state index in [0.29, 0.717) is 0 Å². The predicted molar refractivity (Wildman–Crippen MR) is 65.8 cm³/mol. The molecule has 6 nitrogen and oxygen atoms in total. The molecular formula is C9H9BrN4O2. The molecular weight excluding hydrogens is 276 g/mol. The van der Waals surface area contributed by atoms with E-state index in [9.17, 15) is 0 Å². The number of hydrogen-bond donors (Lipinski definition) is 3. The van der Waals surface area contributed by atoms with Crippen LogP contribution in [0.2, 0.25) is 0 Å². The molecule has 0 saturated heterocycles. The summed E-state index contributed by atoms with van der Waals surface area (Å²) in [5.41, 5.74) is 3.62. The highest BCUT2D eigenvalue weighted by Gasteiger charge is 1.96. The lowest BCUT2D eigenvalue weighted by Gasteiger charge is -2.02. The SMILES string of the molecule is O/N=C/C(/C=N/O)=NNc1ccccc1Br. The summed E-state index contributed by atoms with van der Waals surface area (Å²) in [5.74, 6) is 0. The van der Waals surface area contributed by atoms with Crippen molar-refractivity contribution in [3.8, 4) is 0 Å². The van der Waals surface area contributed by atoms with Gasteiger partial charge in [-0.1, -0.05) is 22.4 Å². The lowest BCUT2D eigenvalue weighted by Crippen LogP contribution is -2.05. The maximum absolute atomic E-state index is 8.32. The number of rotatable bonds is 4. The van der Waals surface area contributed by atoms with Gasteiger partial charge in [-0.15, -0.1) is 0 Å². The van der Waals surface area contributed by atoms with Crippen LogP contribution in [0.3, 0.4) is 0 Å². The molecule has 0 heterocycles. The lowest BCUT2D eigenvalue weighted by atomic mass is 10.3. The summed E-state index contributed by atoms with van der Waals surface area (Å²) in [6, 6.07) is 7.35. The minimum atomic E-state index is 0.167. The third-order valence-electron chi connectivity index (χ3n) is 1.56. The summed E-state index contributed by atoms with van der Waals surface area (Å²) in [5, 5.41) is 26.1. The van der Waals surface area contributed by atoms with E-state index in [1.165, 1.54) is 0 Å². The van der Waals surface area contributed by atoms with Crippen LogP contribution in [0.5, 0.6) is 0 Å². The minimum absolute atomic E-state index is 0.167. The fraction of sp³-hybridized carbons (Fsp3) is 0. The molecule has 3 N–H and O–H groups in total. The largest absolute Gasteiger partial charge is 0.411 e. The van der Waals surface area contributed by atoms with Gasteiger partial charge in [0.25, 0.3) is 0 Å². The normalized spacial score (nSPS) is 10.8. The van der Waals surface area contributed by atoms with Gasteiger partial charge in [-0.25, -0.2) is 0 Å². The zero-order valence-corrected chi connectivity index (χ0v) is 9.66. The molecule has 1 aromatic carbocycles. The van der Waals surface area contributed by atoms with E-state index >= 15 is 0 Å². The van der Waals surface area contributed by atoms with E-state index in [-0.39, 0.29) is 5.71 Å². The number of nitrogens with one attached hydrogen (secondary N) is 1. The third-order valence-corrected chi connectivity index (χ3v) is 2.25. The molecule has 84 valence electrons. The topological polar surface area (TPSA) is 89.6 Å². The Bertz CT molecular complexity index is 417. The Morgan fingerprint density at radius 2 is 1.81 bits per heavy atom. The van der Waals surface area contributed by atoms with E-state index in [2.05, 4.69) is 36.8 Å². The van der Waals surface area contributed by atoms with E-state index in [1.807, 2.05) is 18.2 Å². The zero-order chi connectivity index (χ0) is 11.8. The van der Waals surface area contributed by atoms with Crippen LogP contribution in [-0.2, 0) is 0 Å². The molecule has 0 atom stereocenters. The van der Waals surface area contributed by atoms with Crippen LogP contribution in [-0.4, -0.2) is 28.6 Å². The van der Waals surface area contributed by atoms with Gasteiger partial charge >= 0.3 is 0 Å². The molecule has 0 aliphatic rings. The number of benzene rings is 1. The van der Waals surface area contributed by atoms with Crippen LogP contribution in [0.4, 0.5) is 5.69 Å². The highest BCUT2D eigenvalue weighted by molar-refractivity contribution is 9.10. The Balaban J connectivity index is 2.81. The molecule has 16 heavy (non-hydrogen) atoms. The number of nitrogens with zero attached hydrogens (tertiary/aromatic N) is 3. The van der Waals surface area contributed by atoms with Crippen molar-refractivity contribution in [2.75, 3.05) is 5.43 Å². The predicted octanol–water partition coefficient (Wildman–Crippen LogP) is 2.14. The molecule has 0 aromatic heterocycles. The number of para-hydroxylation sites is 1. The second kappa shape index (κ2) is 6.57. The van der Waals surface area contributed by atoms with Gasteiger partial charge in [0.15, 0.2) is 0 Å². The Labute approximate surface area is 100 Å². The number of halogens is 1. The third kappa shape index (κ3) is 3.70. The molecule has 0 amide bonds. The van der Waals surface area contributed by atoms with Gasteiger partial charge in [0.2, 0.25) is 0 Å². The van der Waals surface area contributed by atoms with Crippen molar-refractivity contribution in [1.29, 1.82) is 0 Å². The summed E-state index contributed by atoms with van der Waals surface area (Å²) in [7, 11) is 0. The number of oxime groups is 2. The Morgan fingerprint density at radius 1 is 1.19 bits per heavy atom. The van der Waals surface area contributed by atoms with Gasteiger partial charge in [-0.2, -0.15) is 5.10 Å². The fourth-order valence-corrected chi connectivity index (χ4v) is 1.26. The first-order valence-electron chi connectivity index (χ1n) is 4.21. The number of hydrogen-bond acceptors (Lipinski definition) is 6. The van der Waals surface area contributed by atoms with E-state index in [4.69, 9.17) is 10.4 Å². The van der Waals surface area contributed by atoms with Gasteiger partial charge in [0.1, 0.15) is 5.71 Å². The van der Waals surface area contributed by atoms with Gasteiger partial charge < -0.3 is 10.4 Å². The summed E-state index contributed by atoms with van der Waals surface area (Å²) in [6.45, 7) is 0. The maximum Gasteiger partial charge on any atom is 0.127 e. The minimum Gasteiger partial charge on any atom is -0.411 e. The molecule has 0 spiro atoms. The second-order valence-corrected chi connectivity index (χ2v) is 3.47. The van der Waals surface area contributed by atoms with E-state index in [1.54, 1.807) is 6.07 Å². The molecule has 1 rings (SSSR count). The van der Waals surface area contributed by atoms with Crippen molar-refractivity contribution in [2.45, 2.75) is 0 Å². The maximum atomic E-state index is 8.32. The van der Waals surface area contributed by atoms with Crippen molar-refractivity contribution < 1.29 is 10.4 Å². The van der Waals surface area contributed by atoms with Crippen LogP contribution in [0.1, 0.15) is 0 Å². The van der Waals surface area contributed by atoms with Crippen LogP contribution in [0, 0.1) is 0 Å². The lowest BCUT2D eigenvalue weighted by molar-refractivity contribution is 0.321.